The molecule has 2 aromatic heterocycles. The molecule has 0 aliphatic carbocycles. The van der Waals surface area contributed by atoms with Crippen molar-refractivity contribution in [2.75, 3.05) is 0 Å². The summed E-state index contributed by atoms with van der Waals surface area (Å²) in [6, 6.07) is 3.80. The Hall–Kier alpha value is -1.75. The Morgan fingerprint density at radius 2 is 2.39 bits per heavy atom. The first-order chi connectivity index (χ1) is 8.74. The van der Waals surface area contributed by atoms with Gasteiger partial charge in [-0.05, 0) is 18.6 Å². The van der Waals surface area contributed by atoms with Crippen LogP contribution in [0.3, 0.4) is 0 Å². The van der Waals surface area contributed by atoms with Crippen molar-refractivity contribution in [3.8, 4) is 0 Å². The van der Waals surface area contributed by atoms with E-state index in [1.54, 1.807) is 23.7 Å². The largest absolute Gasteiger partial charge is 0.352 e. The Balaban J connectivity index is 1.73. The Labute approximate surface area is 110 Å². The molecule has 0 radical (unpaired) electrons. The first-order valence-corrected chi connectivity index (χ1v) is 6.68. The van der Waals surface area contributed by atoms with E-state index >= 15 is 0 Å². The summed E-state index contributed by atoms with van der Waals surface area (Å²) in [5, 5.41) is 5.89. The number of carbonyl (C=O) groups is 1. The van der Waals surface area contributed by atoms with Crippen molar-refractivity contribution >= 4 is 17.2 Å². The average molecular weight is 261 g/mol. The molecule has 0 saturated heterocycles. The molecule has 18 heavy (non-hydrogen) atoms. The van der Waals surface area contributed by atoms with Crippen LogP contribution in [0.4, 0.5) is 0 Å². The highest BCUT2D eigenvalue weighted by Crippen LogP contribution is 2.10. The maximum Gasteiger partial charge on any atom is 0.220 e. The summed E-state index contributed by atoms with van der Waals surface area (Å²) in [5.74, 6) is 0.0479. The topological polar surface area (TPSA) is 54.9 Å². The zero-order valence-corrected chi connectivity index (χ0v) is 11.0. The molecule has 94 valence electrons. The van der Waals surface area contributed by atoms with Gasteiger partial charge in [0.05, 0.1) is 5.01 Å². The fourth-order valence-corrected chi connectivity index (χ4v) is 2.31. The van der Waals surface area contributed by atoms with Gasteiger partial charge in [0.25, 0.3) is 0 Å². The van der Waals surface area contributed by atoms with E-state index in [1.807, 2.05) is 24.4 Å². The third kappa shape index (κ3) is 3.92. The minimum Gasteiger partial charge on any atom is -0.352 e. The lowest BCUT2D eigenvalue weighted by molar-refractivity contribution is -0.121. The highest BCUT2D eigenvalue weighted by atomic mass is 32.1. The smallest absolute Gasteiger partial charge is 0.220 e. The lowest BCUT2D eigenvalue weighted by atomic mass is 10.2. The lowest BCUT2D eigenvalue weighted by Crippen LogP contribution is -2.23. The number of rotatable bonds is 5. The molecule has 0 bridgehead atoms. The van der Waals surface area contributed by atoms with Gasteiger partial charge in [-0.3, -0.25) is 9.78 Å². The van der Waals surface area contributed by atoms with Crippen molar-refractivity contribution < 1.29 is 4.79 Å². The molecular weight excluding hydrogens is 246 g/mol. The van der Waals surface area contributed by atoms with E-state index in [0.29, 0.717) is 19.4 Å². The van der Waals surface area contributed by atoms with Gasteiger partial charge in [0.1, 0.15) is 0 Å². The minimum absolute atomic E-state index is 0.0479. The standard InChI is InChI=1S/C13H15N3OS/c1-10-9-18-13(16-10)5-4-12(17)15-8-11-3-2-6-14-7-11/h2-3,6-7,9H,4-5,8H2,1H3,(H,15,17). The number of nitrogens with one attached hydrogen (secondary N) is 1. The molecule has 0 spiro atoms. The molecular formula is C13H15N3OS. The summed E-state index contributed by atoms with van der Waals surface area (Å²) in [7, 11) is 0. The number of carbonyl (C=O) groups excluding carboxylic acids is 1. The molecule has 0 aliphatic heterocycles. The Morgan fingerprint density at radius 1 is 1.50 bits per heavy atom. The van der Waals surface area contributed by atoms with Crippen LogP contribution < -0.4 is 5.32 Å². The van der Waals surface area contributed by atoms with Crippen LogP contribution in [-0.4, -0.2) is 15.9 Å². The van der Waals surface area contributed by atoms with E-state index in [-0.39, 0.29) is 5.91 Å². The molecule has 0 unspecified atom stereocenters. The van der Waals surface area contributed by atoms with Crippen LogP contribution in [0.5, 0.6) is 0 Å². The summed E-state index contributed by atoms with van der Waals surface area (Å²) >= 11 is 1.60. The second kappa shape index (κ2) is 6.26. The summed E-state index contributed by atoms with van der Waals surface area (Å²) in [5.41, 5.74) is 2.03. The number of pyridine rings is 1. The average Bonchev–Trinajstić information content (AvgIpc) is 2.81. The quantitative estimate of drug-likeness (QED) is 0.896. The summed E-state index contributed by atoms with van der Waals surface area (Å²) in [6.07, 6.45) is 4.66. The number of aromatic nitrogens is 2. The molecule has 5 heteroatoms. The van der Waals surface area contributed by atoms with Gasteiger partial charge >= 0.3 is 0 Å². The van der Waals surface area contributed by atoms with Crippen LogP contribution in [0.25, 0.3) is 0 Å². The molecule has 0 fully saturated rings. The third-order valence-corrected chi connectivity index (χ3v) is 3.47. The summed E-state index contributed by atoms with van der Waals surface area (Å²) in [6.45, 7) is 2.49. The third-order valence-electron chi connectivity index (χ3n) is 2.44. The zero-order chi connectivity index (χ0) is 12.8. The normalized spacial score (nSPS) is 10.3. The molecule has 0 saturated carbocycles. The first-order valence-electron chi connectivity index (χ1n) is 5.80. The molecule has 0 aliphatic rings. The van der Waals surface area contributed by atoms with Crippen molar-refractivity contribution in [3.05, 3.63) is 46.2 Å². The van der Waals surface area contributed by atoms with Crippen LogP contribution in [-0.2, 0) is 17.8 Å². The van der Waals surface area contributed by atoms with E-state index in [4.69, 9.17) is 0 Å². The lowest BCUT2D eigenvalue weighted by Gasteiger charge is -2.03. The van der Waals surface area contributed by atoms with Gasteiger partial charge in [-0.2, -0.15) is 0 Å². The van der Waals surface area contributed by atoms with E-state index < -0.39 is 0 Å². The molecule has 1 amide bonds. The maximum absolute atomic E-state index is 11.6. The van der Waals surface area contributed by atoms with Gasteiger partial charge < -0.3 is 5.32 Å². The first kappa shape index (κ1) is 12.7. The van der Waals surface area contributed by atoms with Crippen molar-refractivity contribution in [1.29, 1.82) is 0 Å². The Bertz CT molecular complexity index is 510. The molecule has 0 aromatic carbocycles. The number of amides is 1. The number of thiazole rings is 1. The van der Waals surface area contributed by atoms with Gasteiger partial charge in [0.2, 0.25) is 5.91 Å². The van der Waals surface area contributed by atoms with Gasteiger partial charge in [-0.15, -0.1) is 11.3 Å². The summed E-state index contributed by atoms with van der Waals surface area (Å²) < 4.78 is 0. The Kier molecular flexibility index (Phi) is 4.41. The van der Waals surface area contributed by atoms with Crippen LogP contribution >= 0.6 is 11.3 Å². The second-order valence-electron chi connectivity index (χ2n) is 4.02. The molecule has 2 aromatic rings. The fraction of sp³-hybridized carbons (Fsp3) is 0.308. The number of hydrogen-bond donors (Lipinski definition) is 1. The van der Waals surface area contributed by atoms with Crippen molar-refractivity contribution in [2.45, 2.75) is 26.3 Å². The predicted octanol–water partition coefficient (Wildman–Crippen LogP) is 2.10. The SMILES string of the molecule is Cc1csc(CCC(=O)NCc2cccnc2)n1. The van der Waals surface area contributed by atoms with Gasteiger partial charge in [0.15, 0.2) is 0 Å². The number of nitrogens with zero attached hydrogens (tertiary/aromatic N) is 2. The number of aryl methyl sites for hydroxylation is 2. The van der Waals surface area contributed by atoms with E-state index in [0.717, 1.165) is 16.3 Å². The van der Waals surface area contributed by atoms with Crippen molar-refractivity contribution in [2.24, 2.45) is 0 Å². The zero-order valence-electron chi connectivity index (χ0n) is 10.2. The molecule has 1 N–H and O–H groups in total. The van der Waals surface area contributed by atoms with Gasteiger partial charge in [0, 0.05) is 42.9 Å². The molecule has 4 nitrogen and oxygen atoms in total. The summed E-state index contributed by atoms with van der Waals surface area (Å²) in [4.78, 5) is 20.0. The molecule has 2 heterocycles. The predicted molar refractivity (Wildman–Crippen MR) is 71.3 cm³/mol. The van der Waals surface area contributed by atoms with Crippen molar-refractivity contribution in [3.63, 3.8) is 0 Å². The Morgan fingerprint density at radius 3 is 3.06 bits per heavy atom. The van der Waals surface area contributed by atoms with Gasteiger partial charge in [-0.1, -0.05) is 6.07 Å². The van der Waals surface area contributed by atoms with E-state index in [9.17, 15) is 4.79 Å². The number of hydrogen-bond acceptors (Lipinski definition) is 4. The maximum atomic E-state index is 11.6. The van der Waals surface area contributed by atoms with E-state index in [1.165, 1.54) is 0 Å². The highest BCUT2D eigenvalue weighted by molar-refractivity contribution is 7.09. The minimum atomic E-state index is 0.0479. The second-order valence-corrected chi connectivity index (χ2v) is 4.96. The van der Waals surface area contributed by atoms with Crippen LogP contribution in [0.15, 0.2) is 29.9 Å². The van der Waals surface area contributed by atoms with Crippen LogP contribution in [0.2, 0.25) is 0 Å². The molecule has 2 rings (SSSR count). The van der Waals surface area contributed by atoms with E-state index in [2.05, 4.69) is 15.3 Å². The van der Waals surface area contributed by atoms with Gasteiger partial charge in [-0.25, -0.2) is 4.98 Å². The van der Waals surface area contributed by atoms with Crippen LogP contribution in [0.1, 0.15) is 22.7 Å². The highest BCUT2D eigenvalue weighted by Gasteiger charge is 2.04. The fourth-order valence-electron chi connectivity index (χ4n) is 1.53. The monoisotopic (exact) mass is 261 g/mol. The van der Waals surface area contributed by atoms with Crippen molar-refractivity contribution in [1.82, 2.24) is 15.3 Å². The molecule has 0 atom stereocenters. The van der Waals surface area contributed by atoms with Crippen LogP contribution in [0, 0.1) is 6.92 Å².